The number of aliphatic imine (C=N–C) groups is 1. The minimum absolute atomic E-state index is 0.640. The van der Waals surface area contributed by atoms with E-state index in [0.29, 0.717) is 18.5 Å². The van der Waals surface area contributed by atoms with Gasteiger partial charge in [-0.05, 0) is 59.9 Å². The molecule has 0 radical (unpaired) electrons. The Kier molecular flexibility index (Phi) is 7.29. The normalized spacial score (nSPS) is 19.5. The number of nitrogens with one attached hydrogen (secondary N) is 2. The zero-order valence-electron chi connectivity index (χ0n) is 16.9. The van der Waals surface area contributed by atoms with Crippen LogP contribution in [0, 0.1) is 19.8 Å². The van der Waals surface area contributed by atoms with Crippen molar-refractivity contribution in [2.45, 2.75) is 60.0 Å². The number of nitrogens with zero attached hydrogens (tertiary/aromatic N) is 4. The Bertz CT molecular complexity index is 575. The molecule has 2 rings (SSSR count). The van der Waals surface area contributed by atoms with Gasteiger partial charge in [0, 0.05) is 44.0 Å². The summed E-state index contributed by atoms with van der Waals surface area (Å²) in [6, 6.07) is 0.640. The highest BCUT2D eigenvalue weighted by Gasteiger charge is 2.21. The van der Waals surface area contributed by atoms with Gasteiger partial charge in [-0.1, -0.05) is 0 Å². The molecule has 1 atom stereocenters. The Morgan fingerprint density at radius 3 is 2.68 bits per heavy atom. The van der Waals surface area contributed by atoms with Gasteiger partial charge in [0.2, 0.25) is 0 Å². The van der Waals surface area contributed by atoms with Crippen LogP contribution >= 0.6 is 0 Å². The maximum Gasteiger partial charge on any atom is 0.191 e. The fourth-order valence-corrected chi connectivity index (χ4v) is 3.52. The summed E-state index contributed by atoms with van der Waals surface area (Å²) in [6.45, 7) is 15.8. The highest BCUT2D eigenvalue weighted by atomic mass is 15.3. The molecular weight excluding hydrogens is 312 g/mol. The molecule has 6 heteroatoms. The maximum atomic E-state index is 4.78. The van der Waals surface area contributed by atoms with Gasteiger partial charge in [-0.3, -0.25) is 4.68 Å². The third-order valence-corrected chi connectivity index (χ3v) is 5.24. The molecule has 2 N–H and O–H groups in total. The van der Waals surface area contributed by atoms with Crippen molar-refractivity contribution in [1.82, 2.24) is 25.3 Å². The van der Waals surface area contributed by atoms with E-state index in [-0.39, 0.29) is 0 Å². The molecule has 0 amide bonds. The van der Waals surface area contributed by atoms with E-state index in [2.05, 4.69) is 55.3 Å². The molecular formula is C19H36N6. The summed E-state index contributed by atoms with van der Waals surface area (Å²) in [5.74, 6) is 1.61. The molecule has 6 nitrogen and oxygen atoms in total. The van der Waals surface area contributed by atoms with Crippen LogP contribution in [0.5, 0.6) is 0 Å². The average Bonchev–Trinajstić information content (AvgIpc) is 2.83. The SMILES string of the molecule is CCNC(=NCc1c(C)nn(C)c1C)NCC1CCCN(C(C)C)C1. The second-order valence-electron chi connectivity index (χ2n) is 7.45. The van der Waals surface area contributed by atoms with Crippen molar-refractivity contribution < 1.29 is 0 Å². The Morgan fingerprint density at radius 1 is 1.32 bits per heavy atom. The minimum atomic E-state index is 0.640. The van der Waals surface area contributed by atoms with Crippen LogP contribution in [0.25, 0.3) is 0 Å². The van der Waals surface area contributed by atoms with Gasteiger partial charge in [-0.25, -0.2) is 4.99 Å². The Labute approximate surface area is 153 Å². The van der Waals surface area contributed by atoms with Crippen LogP contribution in [0.3, 0.4) is 0 Å². The summed E-state index contributed by atoms with van der Waals surface area (Å²) < 4.78 is 1.93. The van der Waals surface area contributed by atoms with Crippen LogP contribution < -0.4 is 10.6 Å². The summed E-state index contributed by atoms with van der Waals surface area (Å²) in [7, 11) is 1.99. The van der Waals surface area contributed by atoms with Gasteiger partial charge in [0.05, 0.1) is 12.2 Å². The van der Waals surface area contributed by atoms with Crippen molar-refractivity contribution in [3.05, 3.63) is 17.0 Å². The van der Waals surface area contributed by atoms with Gasteiger partial charge >= 0.3 is 0 Å². The monoisotopic (exact) mass is 348 g/mol. The molecule has 1 aromatic heterocycles. The van der Waals surface area contributed by atoms with Crippen molar-refractivity contribution >= 4 is 5.96 Å². The van der Waals surface area contributed by atoms with Crippen molar-refractivity contribution in [1.29, 1.82) is 0 Å². The molecule has 0 aromatic carbocycles. The van der Waals surface area contributed by atoms with Crippen molar-refractivity contribution in [2.75, 3.05) is 26.2 Å². The molecule has 2 heterocycles. The van der Waals surface area contributed by atoms with Gasteiger partial charge in [-0.15, -0.1) is 0 Å². The molecule has 1 unspecified atom stereocenters. The second-order valence-corrected chi connectivity index (χ2v) is 7.45. The first-order valence-corrected chi connectivity index (χ1v) is 9.67. The van der Waals surface area contributed by atoms with Crippen molar-refractivity contribution in [3.8, 4) is 0 Å². The average molecular weight is 349 g/mol. The lowest BCUT2D eigenvalue weighted by atomic mass is 9.97. The molecule has 1 aromatic rings. The lowest BCUT2D eigenvalue weighted by molar-refractivity contribution is 0.141. The van der Waals surface area contributed by atoms with Gasteiger partial charge in [0.1, 0.15) is 0 Å². The Balaban J connectivity index is 1.93. The molecule has 0 saturated carbocycles. The summed E-state index contributed by atoms with van der Waals surface area (Å²) in [6.07, 6.45) is 2.60. The highest BCUT2D eigenvalue weighted by Crippen LogP contribution is 2.17. The number of hydrogen-bond acceptors (Lipinski definition) is 3. The lowest BCUT2D eigenvalue weighted by Crippen LogP contribution is -2.46. The molecule has 25 heavy (non-hydrogen) atoms. The smallest absolute Gasteiger partial charge is 0.191 e. The standard InChI is InChI=1S/C19H36N6/c1-7-20-19(22-12-18-15(4)23-24(6)16(18)5)21-11-17-9-8-10-25(13-17)14(2)3/h14,17H,7-13H2,1-6H3,(H2,20,21,22). The van der Waals surface area contributed by atoms with Crippen molar-refractivity contribution in [2.24, 2.45) is 18.0 Å². The fourth-order valence-electron chi connectivity index (χ4n) is 3.52. The minimum Gasteiger partial charge on any atom is -0.357 e. The topological polar surface area (TPSA) is 57.5 Å². The third kappa shape index (κ3) is 5.46. The first kappa shape index (κ1) is 19.8. The molecule has 1 fully saturated rings. The number of aromatic nitrogens is 2. The summed E-state index contributed by atoms with van der Waals surface area (Å²) in [4.78, 5) is 7.37. The summed E-state index contributed by atoms with van der Waals surface area (Å²) >= 11 is 0. The Morgan fingerprint density at radius 2 is 2.08 bits per heavy atom. The number of hydrogen-bond donors (Lipinski definition) is 2. The largest absolute Gasteiger partial charge is 0.357 e. The van der Waals surface area contributed by atoms with Crippen LogP contribution in [0.15, 0.2) is 4.99 Å². The number of guanidine groups is 1. The van der Waals surface area contributed by atoms with Crippen LogP contribution in [-0.4, -0.2) is 52.9 Å². The molecule has 1 aliphatic heterocycles. The first-order valence-electron chi connectivity index (χ1n) is 9.67. The van der Waals surface area contributed by atoms with E-state index < -0.39 is 0 Å². The fraction of sp³-hybridized carbons (Fsp3) is 0.789. The van der Waals surface area contributed by atoms with Crippen LogP contribution in [-0.2, 0) is 13.6 Å². The van der Waals surface area contributed by atoms with E-state index in [1.807, 2.05) is 11.7 Å². The molecule has 0 aliphatic carbocycles. The molecule has 0 spiro atoms. The van der Waals surface area contributed by atoms with Gasteiger partial charge < -0.3 is 15.5 Å². The molecule has 142 valence electrons. The number of piperidine rings is 1. The quantitative estimate of drug-likeness (QED) is 0.611. The van der Waals surface area contributed by atoms with Crippen LogP contribution in [0.1, 0.15) is 50.6 Å². The summed E-state index contributed by atoms with van der Waals surface area (Å²) in [5.41, 5.74) is 3.49. The second kappa shape index (κ2) is 9.22. The van der Waals surface area contributed by atoms with E-state index >= 15 is 0 Å². The predicted molar refractivity (Wildman–Crippen MR) is 105 cm³/mol. The Hall–Kier alpha value is -1.56. The van der Waals surface area contributed by atoms with Gasteiger partial charge in [0.15, 0.2) is 5.96 Å². The van der Waals surface area contributed by atoms with E-state index in [0.717, 1.165) is 24.7 Å². The third-order valence-electron chi connectivity index (χ3n) is 5.24. The zero-order chi connectivity index (χ0) is 18.4. The van der Waals surface area contributed by atoms with E-state index in [4.69, 9.17) is 4.99 Å². The van der Waals surface area contributed by atoms with E-state index in [9.17, 15) is 0 Å². The van der Waals surface area contributed by atoms with Gasteiger partial charge in [0.25, 0.3) is 0 Å². The predicted octanol–water partition coefficient (Wildman–Crippen LogP) is 2.21. The van der Waals surface area contributed by atoms with Crippen LogP contribution in [0.2, 0.25) is 0 Å². The van der Waals surface area contributed by atoms with E-state index in [1.165, 1.54) is 37.2 Å². The maximum absolute atomic E-state index is 4.78. The van der Waals surface area contributed by atoms with Crippen LogP contribution in [0.4, 0.5) is 0 Å². The number of rotatable bonds is 6. The lowest BCUT2D eigenvalue weighted by Gasteiger charge is -2.35. The summed E-state index contributed by atoms with van der Waals surface area (Å²) in [5, 5.41) is 11.4. The van der Waals surface area contributed by atoms with Crippen molar-refractivity contribution in [3.63, 3.8) is 0 Å². The zero-order valence-corrected chi connectivity index (χ0v) is 16.9. The van der Waals surface area contributed by atoms with E-state index in [1.54, 1.807) is 0 Å². The first-order chi connectivity index (χ1) is 11.9. The molecule has 0 bridgehead atoms. The molecule has 1 saturated heterocycles. The molecule has 1 aliphatic rings. The number of likely N-dealkylation sites (tertiary alicyclic amines) is 1. The van der Waals surface area contributed by atoms with Gasteiger partial charge in [-0.2, -0.15) is 5.10 Å². The number of aryl methyl sites for hydroxylation is 2. The highest BCUT2D eigenvalue weighted by molar-refractivity contribution is 5.79.